The zero-order valence-electron chi connectivity index (χ0n) is 9.65. The van der Waals surface area contributed by atoms with E-state index in [2.05, 4.69) is 10.3 Å². The van der Waals surface area contributed by atoms with Gasteiger partial charge in [-0.25, -0.2) is 4.68 Å². The molecule has 1 saturated carbocycles. The number of ether oxygens (including phenoxy) is 1. The number of rotatable bonds is 7. The Morgan fingerprint density at radius 3 is 2.88 bits per heavy atom. The average molecular weight is 244 g/mol. The maximum Gasteiger partial charge on any atom is 0.101 e. The Morgan fingerprint density at radius 1 is 1.44 bits per heavy atom. The molecular weight excluding hydrogens is 226 g/mol. The van der Waals surface area contributed by atoms with Crippen LogP contribution in [0.25, 0.3) is 0 Å². The number of unbranched alkanes of at least 4 members (excludes halogenated alkanes) is 1. The highest BCUT2D eigenvalue weighted by atomic mass is 35.5. The summed E-state index contributed by atoms with van der Waals surface area (Å²) in [5.74, 6) is 1.13. The van der Waals surface area contributed by atoms with Crippen molar-refractivity contribution >= 4 is 11.6 Å². The Bertz CT molecular complexity index is 336. The van der Waals surface area contributed by atoms with Gasteiger partial charge in [0, 0.05) is 26.2 Å². The van der Waals surface area contributed by atoms with Gasteiger partial charge < -0.3 is 4.74 Å². The molecule has 0 N–H and O–H groups in total. The molecule has 0 amide bonds. The van der Waals surface area contributed by atoms with E-state index >= 15 is 0 Å². The standard InChI is InChI=1S/C11H18ClN3O/c1-16-7-3-2-6-15-11(9-4-5-9)10(8-12)13-14-15/h9H,2-8H2,1H3. The van der Waals surface area contributed by atoms with Crippen molar-refractivity contribution in [3.05, 3.63) is 11.4 Å². The second-order valence-electron chi connectivity index (χ2n) is 4.25. The summed E-state index contributed by atoms with van der Waals surface area (Å²) in [5, 5.41) is 8.33. The van der Waals surface area contributed by atoms with Crippen LogP contribution in [0.1, 0.15) is 43.0 Å². The van der Waals surface area contributed by atoms with Gasteiger partial charge in [-0.3, -0.25) is 0 Å². The summed E-state index contributed by atoms with van der Waals surface area (Å²) in [5.41, 5.74) is 2.24. The molecule has 4 nitrogen and oxygen atoms in total. The van der Waals surface area contributed by atoms with Crippen molar-refractivity contribution in [1.82, 2.24) is 15.0 Å². The minimum absolute atomic E-state index is 0.476. The number of halogens is 1. The molecule has 16 heavy (non-hydrogen) atoms. The molecule has 5 heteroatoms. The summed E-state index contributed by atoms with van der Waals surface area (Å²) in [6, 6.07) is 0. The lowest BCUT2D eigenvalue weighted by molar-refractivity contribution is 0.190. The fraction of sp³-hybridized carbons (Fsp3) is 0.818. The molecule has 1 aliphatic carbocycles. The molecule has 1 aromatic heterocycles. The lowest BCUT2D eigenvalue weighted by atomic mass is 10.2. The highest BCUT2D eigenvalue weighted by Crippen LogP contribution is 2.41. The van der Waals surface area contributed by atoms with Gasteiger partial charge in [-0.15, -0.1) is 16.7 Å². The van der Waals surface area contributed by atoms with E-state index < -0.39 is 0 Å². The first kappa shape index (κ1) is 11.9. The number of aromatic nitrogens is 3. The number of hydrogen-bond donors (Lipinski definition) is 0. The smallest absolute Gasteiger partial charge is 0.101 e. The van der Waals surface area contributed by atoms with Gasteiger partial charge in [-0.1, -0.05) is 5.21 Å². The van der Waals surface area contributed by atoms with Gasteiger partial charge in [-0.2, -0.15) is 0 Å². The first-order chi connectivity index (χ1) is 7.86. The SMILES string of the molecule is COCCCCn1nnc(CCl)c1C1CC1. The van der Waals surface area contributed by atoms with Gasteiger partial charge in [0.05, 0.1) is 11.6 Å². The maximum atomic E-state index is 5.87. The Morgan fingerprint density at radius 2 is 2.25 bits per heavy atom. The third-order valence-electron chi connectivity index (χ3n) is 2.91. The van der Waals surface area contributed by atoms with Crippen LogP contribution in [0.3, 0.4) is 0 Å². The van der Waals surface area contributed by atoms with Crippen LogP contribution >= 0.6 is 11.6 Å². The van der Waals surface area contributed by atoms with Crippen molar-refractivity contribution in [3.63, 3.8) is 0 Å². The summed E-state index contributed by atoms with van der Waals surface area (Å²) >= 11 is 5.87. The molecule has 90 valence electrons. The van der Waals surface area contributed by atoms with E-state index in [1.54, 1.807) is 7.11 Å². The lowest BCUT2D eigenvalue weighted by Crippen LogP contribution is -2.06. The summed E-state index contributed by atoms with van der Waals surface area (Å²) < 4.78 is 7.06. The molecule has 1 fully saturated rings. The summed E-state index contributed by atoms with van der Waals surface area (Å²) in [6.45, 7) is 1.74. The molecule has 0 bridgehead atoms. The lowest BCUT2D eigenvalue weighted by Gasteiger charge is -2.05. The molecular formula is C11H18ClN3O. The van der Waals surface area contributed by atoms with Crippen LogP contribution < -0.4 is 0 Å². The van der Waals surface area contributed by atoms with Crippen molar-refractivity contribution in [2.45, 2.75) is 44.0 Å². The van der Waals surface area contributed by atoms with Crippen molar-refractivity contribution in [3.8, 4) is 0 Å². The molecule has 1 heterocycles. The van der Waals surface area contributed by atoms with E-state index in [1.165, 1.54) is 18.5 Å². The molecule has 0 atom stereocenters. The molecule has 0 radical (unpaired) electrons. The van der Waals surface area contributed by atoms with Crippen molar-refractivity contribution in [1.29, 1.82) is 0 Å². The molecule has 0 aromatic carbocycles. The molecule has 1 aromatic rings. The largest absolute Gasteiger partial charge is 0.385 e. The van der Waals surface area contributed by atoms with Gasteiger partial charge in [0.25, 0.3) is 0 Å². The molecule has 0 spiro atoms. The number of nitrogens with zero attached hydrogens (tertiary/aromatic N) is 3. The van der Waals surface area contributed by atoms with E-state index in [1.807, 2.05) is 4.68 Å². The predicted molar refractivity (Wildman–Crippen MR) is 62.7 cm³/mol. The monoisotopic (exact) mass is 243 g/mol. The first-order valence-electron chi connectivity index (χ1n) is 5.84. The fourth-order valence-electron chi connectivity index (χ4n) is 1.93. The summed E-state index contributed by atoms with van der Waals surface area (Å²) in [4.78, 5) is 0. The van der Waals surface area contributed by atoms with Gasteiger partial charge in [0.2, 0.25) is 0 Å². The summed E-state index contributed by atoms with van der Waals surface area (Å²) in [7, 11) is 1.73. The van der Waals surface area contributed by atoms with Crippen LogP contribution in [0, 0.1) is 0 Å². The predicted octanol–water partition coefficient (Wildman–Crippen LogP) is 2.32. The molecule has 2 rings (SSSR count). The average Bonchev–Trinajstić information content (AvgIpc) is 3.06. The number of aryl methyl sites for hydroxylation is 1. The molecule has 1 aliphatic rings. The highest BCUT2D eigenvalue weighted by molar-refractivity contribution is 6.16. The van der Waals surface area contributed by atoms with E-state index in [9.17, 15) is 0 Å². The Kier molecular flexibility index (Phi) is 4.18. The van der Waals surface area contributed by atoms with Gasteiger partial charge in [0.1, 0.15) is 5.69 Å². The highest BCUT2D eigenvalue weighted by Gasteiger charge is 2.30. The maximum absolute atomic E-state index is 5.87. The Balaban J connectivity index is 1.94. The zero-order valence-corrected chi connectivity index (χ0v) is 10.4. The fourth-order valence-corrected chi connectivity index (χ4v) is 2.12. The number of alkyl halides is 1. The van der Waals surface area contributed by atoms with Crippen molar-refractivity contribution in [2.24, 2.45) is 0 Å². The van der Waals surface area contributed by atoms with Crippen molar-refractivity contribution in [2.75, 3.05) is 13.7 Å². The minimum Gasteiger partial charge on any atom is -0.385 e. The van der Waals surface area contributed by atoms with E-state index in [4.69, 9.17) is 16.3 Å². The quantitative estimate of drug-likeness (QED) is 0.545. The molecule has 0 aliphatic heterocycles. The van der Waals surface area contributed by atoms with E-state index in [-0.39, 0.29) is 0 Å². The second-order valence-corrected chi connectivity index (χ2v) is 4.52. The van der Waals surface area contributed by atoms with E-state index in [0.29, 0.717) is 11.8 Å². The van der Waals surface area contributed by atoms with Crippen LogP contribution in [0.15, 0.2) is 0 Å². The van der Waals surface area contributed by atoms with E-state index in [0.717, 1.165) is 31.7 Å². The minimum atomic E-state index is 0.476. The number of hydrogen-bond acceptors (Lipinski definition) is 3. The van der Waals surface area contributed by atoms with Crippen LogP contribution in [0.4, 0.5) is 0 Å². The normalized spacial score (nSPS) is 15.6. The van der Waals surface area contributed by atoms with Crippen LogP contribution in [0.5, 0.6) is 0 Å². The first-order valence-corrected chi connectivity index (χ1v) is 6.37. The van der Waals surface area contributed by atoms with Gasteiger partial charge >= 0.3 is 0 Å². The number of methoxy groups -OCH3 is 1. The third kappa shape index (κ3) is 2.74. The Hall–Kier alpha value is -0.610. The summed E-state index contributed by atoms with van der Waals surface area (Å²) in [6.07, 6.45) is 4.67. The molecule has 0 unspecified atom stereocenters. The van der Waals surface area contributed by atoms with Crippen molar-refractivity contribution < 1.29 is 4.74 Å². The van der Waals surface area contributed by atoms with Gasteiger partial charge in [-0.05, 0) is 25.7 Å². The van der Waals surface area contributed by atoms with Crippen LogP contribution in [-0.2, 0) is 17.2 Å². The second kappa shape index (κ2) is 5.64. The Labute approximate surface area is 101 Å². The van der Waals surface area contributed by atoms with Crippen LogP contribution in [-0.4, -0.2) is 28.7 Å². The topological polar surface area (TPSA) is 39.9 Å². The van der Waals surface area contributed by atoms with Crippen LogP contribution in [0.2, 0.25) is 0 Å². The van der Waals surface area contributed by atoms with Gasteiger partial charge in [0.15, 0.2) is 0 Å². The third-order valence-corrected chi connectivity index (χ3v) is 3.16. The molecule has 0 saturated heterocycles. The zero-order chi connectivity index (χ0) is 11.4.